The molecule has 1 atom stereocenters. The third-order valence-corrected chi connectivity index (χ3v) is 3.97. The topological polar surface area (TPSA) is 84.2 Å². The fourth-order valence-electron chi connectivity index (χ4n) is 2.00. The number of halogens is 3. The third-order valence-electron chi connectivity index (χ3n) is 2.99. The second kappa shape index (κ2) is 6.57. The van der Waals surface area contributed by atoms with Crippen LogP contribution >= 0.6 is 11.9 Å². The molecule has 0 N–H and O–H groups in total. The number of hydrogen-bond acceptors (Lipinski definition) is 8. The fraction of sp³-hybridized carbons (Fsp3) is 0.545. The van der Waals surface area contributed by atoms with Gasteiger partial charge in [0, 0.05) is 19.2 Å². The standard InChI is InChI=1S/C11H11F3N4O3S/c12-11(13,14)21-8-2-1-3-9(16-8)22-18-5-4-10(7-18,17-20)6-15-19/h1-3H,4-7H2. The monoisotopic (exact) mass is 336 g/mol. The van der Waals surface area contributed by atoms with Crippen molar-refractivity contribution in [2.24, 2.45) is 10.4 Å². The summed E-state index contributed by atoms with van der Waals surface area (Å²) in [5.41, 5.74) is -1.07. The van der Waals surface area contributed by atoms with Crippen molar-refractivity contribution in [2.75, 3.05) is 19.6 Å². The number of hydrogen-bond donors (Lipinski definition) is 0. The van der Waals surface area contributed by atoms with Crippen LogP contribution in [-0.4, -0.2) is 40.8 Å². The summed E-state index contributed by atoms with van der Waals surface area (Å²) in [4.78, 5) is 25.0. The van der Waals surface area contributed by atoms with Crippen LogP contribution in [0.1, 0.15) is 6.42 Å². The summed E-state index contributed by atoms with van der Waals surface area (Å²) in [5.74, 6) is -0.564. The number of aromatic nitrogens is 1. The Balaban J connectivity index is 2.01. The first-order valence-corrected chi connectivity index (χ1v) is 6.92. The lowest BCUT2D eigenvalue weighted by molar-refractivity contribution is -0.276. The van der Waals surface area contributed by atoms with Gasteiger partial charge in [0.15, 0.2) is 0 Å². The highest BCUT2D eigenvalue weighted by molar-refractivity contribution is 7.97. The highest BCUT2D eigenvalue weighted by atomic mass is 32.2. The number of pyridine rings is 1. The maximum absolute atomic E-state index is 12.1. The quantitative estimate of drug-likeness (QED) is 0.586. The van der Waals surface area contributed by atoms with Gasteiger partial charge in [-0.3, -0.25) is 0 Å². The van der Waals surface area contributed by atoms with Crippen LogP contribution < -0.4 is 4.74 Å². The van der Waals surface area contributed by atoms with E-state index in [-0.39, 0.29) is 18.1 Å². The molecule has 0 spiro atoms. The van der Waals surface area contributed by atoms with E-state index in [9.17, 15) is 23.0 Å². The molecule has 1 unspecified atom stereocenters. The Kier molecular flexibility index (Phi) is 4.96. The third kappa shape index (κ3) is 4.37. The van der Waals surface area contributed by atoms with E-state index < -0.39 is 17.8 Å². The minimum Gasteiger partial charge on any atom is -0.388 e. The predicted molar refractivity (Wildman–Crippen MR) is 72.2 cm³/mol. The lowest BCUT2D eigenvalue weighted by Gasteiger charge is -2.17. The largest absolute Gasteiger partial charge is 0.574 e. The second-order valence-electron chi connectivity index (χ2n) is 4.67. The van der Waals surface area contributed by atoms with Crippen LogP contribution in [0.2, 0.25) is 0 Å². The lowest BCUT2D eigenvalue weighted by atomic mass is 10.0. The van der Waals surface area contributed by atoms with Gasteiger partial charge in [0.05, 0.1) is 0 Å². The molecule has 7 nitrogen and oxygen atoms in total. The van der Waals surface area contributed by atoms with E-state index >= 15 is 0 Å². The minimum absolute atomic E-state index is 0.180. The first-order valence-electron chi connectivity index (χ1n) is 6.15. The summed E-state index contributed by atoms with van der Waals surface area (Å²) in [7, 11) is 0. The Hall–Kier alpha value is -1.75. The SMILES string of the molecule is O=NCC1(N=O)CCN(Sc2cccc(OC(F)(F)F)n2)C1. The van der Waals surface area contributed by atoms with Crippen LogP contribution in [0.25, 0.3) is 0 Å². The first kappa shape index (κ1) is 16.6. The summed E-state index contributed by atoms with van der Waals surface area (Å²) in [5, 5.41) is 5.97. The van der Waals surface area contributed by atoms with Crippen LogP contribution in [0.3, 0.4) is 0 Å². The molecule has 22 heavy (non-hydrogen) atoms. The van der Waals surface area contributed by atoms with E-state index in [1.165, 1.54) is 12.1 Å². The zero-order chi connectivity index (χ0) is 16.2. The molecule has 1 fully saturated rings. The zero-order valence-corrected chi connectivity index (χ0v) is 11.9. The molecule has 1 aliphatic rings. The Morgan fingerprint density at radius 1 is 1.41 bits per heavy atom. The summed E-state index contributed by atoms with van der Waals surface area (Å²) < 4.78 is 41.9. The van der Waals surface area contributed by atoms with Crippen molar-refractivity contribution in [2.45, 2.75) is 23.3 Å². The summed E-state index contributed by atoms with van der Waals surface area (Å²) in [6.45, 7) is 0.398. The molecular weight excluding hydrogens is 325 g/mol. The van der Waals surface area contributed by atoms with Crippen LogP contribution in [0, 0.1) is 9.81 Å². The van der Waals surface area contributed by atoms with Crippen molar-refractivity contribution in [1.82, 2.24) is 9.29 Å². The van der Waals surface area contributed by atoms with Crippen LogP contribution in [0.15, 0.2) is 33.6 Å². The van der Waals surface area contributed by atoms with Crippen LogP contribution in [0.5, 0.6) is 5.88 Å². The number of nitrogens with zero attached hydrogens (tertiary/aromatic N) is 4. The molecule has 1 aromatic rings. The number of rotatable bonds is 6. The Labute approximate surface area is 127 Å². The number of ether oxygens (including phenoxy) is 1. The molecular formula is C11H11F3N4O3S. The van der Waals surface area contributed by atoms with E-state index in [1.807, 2.05) is 0 Å². The molecule has 0 saturated carbocycles. The van der Waals surface area contributed by atoms with Gasteiger partial charge in [-0.25, -0.2) is 9.29 Å². The zero-order valence-electron chi connectivity index (χ0n) is 11.1. The first-order chi connectivity index (χ1) is 10.4. The maximum Gasteiger partial charge on any atom is 0.574 e. The molecule has 0 aliphatic carbocycles. The molecule has 2 rings (SSSR count). The molecule has 0 amide bonds. The van der Waals surface area contributed by atoms with Crippen LogP contribution in [-0.2, 0) is 0 Å². The molecule has 0 radical (unpaired) electrons. The van der Waals surface area contributed by atoms with Crippen molar-refractivity contribution in [3.8, 4) is 5.88 Å². The number of alkyl halides is 3. The molecule has 1 saturated heterocycles. The van der Waals surface area contributed by atoms with E-state index in [1.54, 1.807) is 4.31 Å². The fourth-order valence-corrected chi connectivity index (χ4v) is 3.03. The highest BCUT2D eigenvalue weighted by Gasteiger charge is 2.41. The molecule has 1 aromatic heterocycles. The normalized spacial score (nSPS) is 22.5. The molecule has 1 aliphatic heterocycles. The van der Waals surface area contributed by atoms with E-state index in [4.69, 9.17) is 0 Å². The summed E-state index contributed by atoms with van der Waals surface area (Å²) in [6.07, 6.45) is -4.45. The van der Waals surface area contributed by atoms with E-state index in [0.717, 1.165) is 18.0 Å². The predicted octanol–water partition coefficient (Wildman–Crippen LogP) is 2.96. The average molecular weight is 336 g/mol. The molecule has 11 heteroatoms. The van der Waals surface area contributed by atoms with Gasteiger partial charge in [-0.15, -0.1) is 13.2 Å². The Morgan fingerprint density at radius 3 is 2.82 bits per heavy atom. The Bertz CT molecular complexity index is 560. The van der Waals surface area contributed by atoms with Crippen LogP contribution in [0.4, 0.5) is 13.2 Å². The average Bonchev–Trinajstić information content (AvgIpc) is 2.81. The lowest BCUT2D eigenvalue weighted by Crippen LogP contribution is -2.32. The van der Waals surface area contributed by atoms with Crippen molar-refractivity contribution >= 4 is 11.9 Å². The van der Waals surface area contributed by atoms with Gasteiger partial charge in [0.25, 0.3) is 0 Å². The van der Waals surface area contributed by atoms with Crippen molar-refractivity contribution < 1.29 is 17.9 Å². The smallest absolute Gasteiger partial charge is 0.388 e. The molecule has 0 aromatic carbocycles. The molecule has 2 heterocycles. The minimum atomic E-state index is -4.81. The van der Waals surface area contributed by atoms with Crippen molar-refractivity contribution in [3.05, 3.63) is 28.0 Å². The van der Waals surface area contributed by atoms with Gasteiger partial charge in [0.1, 0.15) is 17.1 Å². The summed E-state index contributed by atoms with van der Waals surface area (Å²) in [6, 6.07) is 3.99. The second-order valence-corrected chi connectivity index (χ2v) is 5.79. The molecule has 0 bridgehead atoms. The molecule has 120 valence electrons. The Morgan fingerprint density at radius 2 is 2.18 bits per heavy atom. The highest BCUT2D eigenvalue weighted by Crippen LogP contribution is 2.34. The van der Waals surface area contributed by atoms with Crippen molar-refractivity contribution in [3.63, 3.8) is 0 Å². The van der Waals surface area contributed by atoms with Gasteiger partial charge < -0.3 is 4.74 Å². The van der Waals surface area contributed by atoms with Gasteiger partial charge in [-0.2, -0.15) is 9.81 Å². The maximum atomic E-state index is 12.1. The van der Waals surface area contributed by atoms with Gasteiger partial charge >= 0.3 is 6.36 Å². The number of nitroso groups, excluding NO2 is 2. The summed E-state index contributed by atoms with van der Waals surface area (Å²) >= 11 is 1.07. The van der Waals surface area contributed by atoms with E-state index in [2.05, 4.69) is 20.1 Å². The van der Waals surface area contributed by atoms with Gasteiger partial charge in [-0.1, -0.05) is 16.4 Å². The van der Waals surface area contributed by atoms with Crippen molar-refractivity contribution in [1.29, 1.82) is 0 Å². The van der Waals surface area contributed by atoms with Gasteiger partial charge in [-0.05, 0) is 24.4 Å². The van der Waals surface area contributed by atoms with Gasteiger partial charge in [0.2, 0.25) is 5.88 Å². The van der Waals surface area contributed by atoms with E-state index in [0.29, 0.717) is 13.0 Å².